The van der Waals surface area contributed by atoms with Crippen molar-refractivity contribution in [1.29, 1.82) is 5.26 Å². The van der Waals surface area contributed by atoms with E-state index < -0.39 is 5.92 Å². The molecule has 0 bridgehead atoms. The number of rotatable bonds is 4. The molecule has 2 N–H and O–H groups in total. The Morgan fingerprint density at radius 1 is 1.32 bits per heavy atom. The van der Waals surface area contributed by atoms with Gasteiger partial charge >= 0.3 is 0 Å². The molecule has 0 radical (unpaired) electrons. The maximum atomic E-state index is 9.48. The number of hydrogen-bond acceptors (Lipinski definition) is 5. The van der Waals surface area contributed by atoms with Gasteiger partial charge in [0, 0.05) is 12.3 Å². The molecular formula is C17H18N4O. The summed E-state index contributed by atoms with van der Waals surface area (Å²) in [5.41, 5.74) is 7.88. The summed E-state index contributed by atoms with van der Waals surface area (Å²) in [6, 6.07) is 12.3. The summed E-state index contributed by atoms with van der Waals surface area (Å²) in [5, 5.41) is 9.48. The molecule has 0 amide bonds. The van der Waals surface area contributed by atoms with Gasteiger partial charge in [-0.05, 0) is 18.4 Å². The van der Waals surface area contributed by atoms with E-state index in [0.29, 0.717) is 24.0 Å². The third kappa shape index (κ3) is 2.60. The van der Waals surface area contributed by atoms with E-state index in [9.17, 15) is 5.26 Å². The van der Waals surface area contributed by atoms with Gasteiger partial charge in [0.2, 0.25) is 5.88 Å². The molecule has 2 atom stereocenters. The largest absolute Gasteiger partial charge is 0.423 e. The normalized spacial score (nSPS) is 20.1. The first kappa shape index (κ1) is 14.3. The lowest BCUT2D eigenvalue weighted by molar-refractivity contribution is 0.496. The molecule has 0 aliphatic carbocycles. The molecule has 1 aliphatic heterocycles. The number of aliphatic imine (C=N–C) groups is 1. The minimum absolute atomic E-state index is 0.116. The molecule has 2 heterocycles. The zero-order chi connectivity index (χ0) is 15.5. The first-order valence-corrected chi connectivity index (χ1v) is 7.50. The van der Waals surface area contributed by atoms with E-state index in [1.807, 2.05) is 30.3 Å². The molecule has 5 heteroatoms. The molecular weight excluding hydrogens is 276 g/mol. The van der Waals surface area contributed by atoms with Crippen molar-refractivity contribution in [2.75, 3.05) is 0 Å². The summed E-state index contributed by atoms with van der Waals surface area (Å²) < 4.78 is 5.69. The summed E-state index contributed by atoms with van der Waals surface area (Å²) in [6.07, 6.45) is 2.40. The second-order valence-corrected chi connectivity index (χ2v) is 5.49. The van der Waals surface area contributed by atoms with Crippen molar-refractivity contribution in [1.82, 2.24) is 4.98 Å². The van der Waals surface area contributed by atoms with Crippen molar-refractivity contribution in [3.8, 4) is 6.07 Å². The Kier molecular flexibility index (Phi) is 3.92. The number of aromatic nitrogens is 1. The number of benzene rings is 1. The molecule has 0 saturated heterocycles. The molecule has 1 aromatic heterocycles. The zero-order valence-corrected chi connectivity index (χ0v) is 12.5. The number of aryl methyl sites for hydroxylation is 1. The summed E-state index contributed by atoms with van der Waals surface area (Å²) in [4.78, 5) is 8.81. The smallest absolute Gasteiger partial charge is 0.244 e. The number of nitrogens with zero attached hydrogens (tertiary/aromatic N) is 3. The van der Waals surface area contributed by atoms with Gasteiger partial charge in [0.25, 0.3) is 0 Å². The third-order valence-corrected chi connectivity index (χ3v) is 3.88. The van der Waals surface area contributed by atoms with Gasteiger partial charge in [-0.1, -0.05) is 37.3 Å². The molecule has 112 valence electrons. The van der Waals surface area contributed by atoms with E-state index in [2.05, 4.69) is 23.0 Å². The topological polar surface area (TPSA) is 88.2 Å². The summed E-state index contributed by atoms with van der Waals surface area (Å²) in [7, 11) is 0. The maximum Gasteiger partial charge on any atom is 0.244 e. The average molecular weight is 294 g/mol. The van der Waals surface area contributed by atoms with E-state index in [0.717, 1.165) is 24.1 Å². The quantitative estimate of drug-likeness (QED) is 0.938. The fraction of sp³-hybridized carbons (Fsp3) is 0.353. The highest BCUT2D eigenvalue weighted by Crippen LogP contribution is 2.39. The van der Waals surface area contributed by atoms with Gasteiger partial charge in [0.15, 0.2) is 5.89 Å². The third-order valence-electron chi connectivity index (χ3n) is 3.88. The first-order chi connectivity index (χ1) is 10.7. The fourth-order valence-corrected chi connectivity index (χ4v) is 2.80. The standard InChI is InChI=1S/C17H18N4O/c1-2-6-14-20-15-12(9-11-7-4-3-5-8-11)13(10-18)16(19)21-17(15)22-14/h3-5,7-8,12-13H,2,6,9H2,1H3,(H2,19,21). The molecule has 1 aliphatic rings. The molecule has 5 nitrogen and oxygen atoms in total. The van der Waals surface area contributed by atoms with Crippen molar-refractivity contribution in [3.05, 3.63) is 47.5 Å². The number of nitriles is 1. The van der Waals surface area contributed by atoms with E-state index >= 15 is 0 Å². The van der Waals surface area contributed by atoms with Crippen LogP contribution in [0.4, 0.5) is 5.88 Å². The van der Waals surface area contributed by atoms with Crippen molar-refractivity contribution < 1.29 is 4.42 Å². The van der Waals surface area contributed by atoms with Crippen LogP contribution in [0.1, 0.15) is 36.4 Å². The van der Waals surface area contributed by atoms with Crippen LogP contribution in [0, 0.1) is 17.2 Å². The van der Waals surface area contributed by atoms with Gasteiger partial charge < -0.3 is 10.2 Å². The number of fused-ring (bicyclic) bond motifs is 1. The SMILES string of the molecule is CCCc1nc2c(o1)N=C(N)C(C#N)C2Cc1ccccc1. The van der Waals surface area contributed by atoms with Gasteiger partial charge in [-0.3, -0.25) is 0 Å². The molecule has 1 aromatic carbocycles. The van der Waals surface area contributed by atoms with Crippen LogP contribution in [-0.4, -0.2) is 10.8 Å². The average Bonchev–Trinajstić information content (AvgIpc) is 2.91. The lowest BCUT2D eigenvalue weighted by Gasteiger charge is -2.23. The lowest BCUT2D eigenvalue weighted by atomic mass is 9.83. The van der Waals surface area contributed by atoms with Gasteiger partial charge in [-0.2, -0.15) is 10.3 Å². The van der Waals surface area contributed by atoms with Gasteiger partial charge in [-0.25, -0.2) is 4.98 Å². The summed E-state index contributed by atoms with van der Waals surface area (Å²) in [6.45, 7) is 2.07. The van der Waals surface area contributed by atoms with Crippen LogP contribution in [0.25, 0.3) is 0 Å². The highest BCUT2D eigenvalue weighted by molar-refractivity contribution is 5.89. The molecule has 22 heavy (non-hydrogen) atoms. The highest BCUT2D eigenvalue weighted by atomic mass is 16.4. The van der Waals surface area contributed by atoms with Crippen LogP contribution in [-0.2, 0) is 12.8 Å². The predicted octanol–water partition coefficient (Wildman–Crippen LogP) is 3.10. The first-order valence-electron chi connectivity index (χ1n) is 7.50. The molecule has 0 saturated carbocycles. The van der Waals surface area contributed by atoms with Crippen LogP contribution in [0.3, 0.4) is 0 Å². The Bertz CT molecular complexity index is 727. The van der Waals surface area contributed by atoms with Crippen LogP contribution in [0.15, 0.2) is 39.7 Å². The minimum Gasteiger partial charge on any atom is -0.423 e. The number of nitrogens with two attached hydrogens (primary N) is 1. The van der Waals surface area contributed by atoms with Gasteiger partial charge in [-0.15, -0.1) is 0 Å². The van der Waals surface area contributed by atoms with E-state index in [1.54, 1.807) is 0 Å². The lowest BCUT2D eigenvalue weighted by Crippen LogP contribution is -2.31. The summed E-state index contributed by atoms with van der Waals surface area (Å²) >= 11 is 0. The van der Waals surface area contributed by atoms with E-state index in [-0.39, 0.29) is 5.92 Å². The molecule has 0 fully saturated rings. The number of oxazole rings is 1. The Hall–Kier alpha value is -2.61. The summed E-state index contributed by atoms with van der Waals surface area (Å²) in [5.74, 6) is 0.866. The van der Waals surface area contributed by atoms with Crippen molar-refractivity contribution in [2.24, 2.45) is 16.6 Å². The second kappa shape index (κ2) is 6.02. The number of amidine groups is 1. The van der Waals surface area contributed by atoms with Crippen molar-refractivity contribution in [3.63, 3.8) is 0 Å². The van der Waals surface area contributed by atoms with Crippen LogP contribution in [0.5, 0.6) is 0 Å². The maximum absolute atomic E-state index is 9.48. The highest BCUT2D eigenvalue weighted by Gasteiger charge is 2.36. The van der Waals surface area contributed by atoms with Crippen molar-refractivity contribution >= 4 is 11.7 Å². The zero-order valence-electron chi connectivity index (χ0n) is 12.5. The van der Waals surface area contributed by atoms with E-state index in [1.165, 1.54) is 0 Å². The molecule has 2 unspecified atom stereocenters. The predicted molar refractivity (Wildman–Crippen MR) is 83.8 cm³/mol. The Labute approximate surface area is 129 Å². The molecule has 3 rings (SSSR count). The second-order valence-electron chi connectivity index (χ2n) is 5.49. The molecule has 0 spiro atoms. The van der Waals surface area contributed by atoms with Crippen LogP contribution < -0.4 is 5.73 Å². The van der Waals surface area contributed by atoms with Gasteiger partial charge in [0.05, 0.1) is 6.07 Å². The Morgan fingerprint density at radius 2 is 2.09 bits per heavy atom. The van der Waals surface area contributed by atoms with E-state index in [4.69, 9.17) is 10.2 Å². The van der Waals surface area contributed by atoms with Crippen LogP contribution >= 0.6 is 0 Å². The fourth-order valence-electron chi connectivity index (χ4n) is 2.80. The Balaban J connectivity index is 1.99. The Morgan fingerprint density at radius 3 is 2.77 bits per heavy atom. The molecule has 2 aromatic rings. The minimum atomic E-state index is -0.465. The number of hydrogen-bond donors (Lipinski definition) is 1. The monoisotopic (exact) mass is 294 g/mol. The van der Waals surface area contributed by atoms with Crippen LogP contribution in [0.2, 0.25) is 0 Å². The van der Waals surface area contributed by atoms with Crippen molar-refractivity contribution in [2.45, 2.75) is 32.1 Å². The van der Waals surface area contributed by atoms with Gasteiger partial charge in [0.1, 0.15) is 17.4 Å².